The first-order valence-electron chi connectivity index (χ1n) is 8.57. The lowest BCUT2D eigenvalue weighted by Crippen LogP contribution is -2.13. The molecule has 0 aliphatic heterocycles. The Kier molecular flexibility index (Phi) is 5.32. The molecule has 1 N–H and O–H groups in total. The molecule has 0 saturated heterocycles. The highest BCUT2D eigenvalue weighted by atomic mass is 35.5. The Balaban J connectivity index is 1.53. The van der Waals surface area contributed by atoms with Crippen molar-refractivity contribution in [2.24, 2.45) is 5.92 Å². The van der Waals surface area contributed by atoms with Crippen molar-refractivity contribution in [1.29, 1.82) is 0 Å². The maximum atomic E-state index is 12.6. The minimum absolute atomic E-state index is 0.0955. The van der Waals surface area contributed by atoms with Crippen molar-refractivity contribution in [3.05, 3.63) is 47.0 Å². The quantitative estimate of drug-likeness (QED) is 0.537. The molecule has 1 fully saturated rings. The highest BCUT2D eigenvalue weighted by molar-refractivity contribution is 7.22. The highest BCUT2D eigenvalue weighted by Gasteiger charge is 2.23. The van der Waals surface area contributed by atoms with Crippen LogP contribution in [-0.4, -0.2) is 24.1 Å². The summed E-state index contributed by atoms with van der Waals surface area (Å²) in [5, 5.41) is 3.71. The van der Waals surface area contributed by atoms with Gasteiger partial charge in [-0.15, -0.1) is 0 Å². The van der Waals surface area contributed by atoms with Crippen LogP contribution in [0.2, 0.25) is 5.02 Å². The third kappa shape index (κ3) is 4.51. The molecule has 1 heterocycles. The molecule has 146 valence electrons. The highest BCUT2D eigenvalue weighted by Crippen LogP contribution is 2.34. The van der Waals surface area contributed by atoms with E-state index in [-0.39, 0.29) is 17.1 Å². The van der Waals surface area contributed by atoms with Crippen LogP contribution in [0.15, 0.2) is 36.4 Å². The van der Waals surface area contributed by atoms with Crippen LogP contribution in [0.1, 0.15) is 23.2 Å². The number of rotatable bonds is 7. The summed E-state index contributed by atoms with van der Waals surface area (Å²) in [6, 6.07) is 9.37. The average Bonchev–Trinajstić information content (AvgIpc) is 3.39. The summed E-state index contributed by atoms with van der Waals surface area (Å²) >= 11 is 7.26. The van der Waals surface area contributed by atoms with Crippen LogP contribution in [0.25, 0.3) is 10.2 Å². The molecule has 4 rings (SSSR count). The van der Waals surface area contributed by atoms with E-state index in [2.05, 4.69) is 15.0 Å². The lowest BCUT2D eigenvalue weighted by molar-refractivity contribution is -0.0515. The van der Waals surface area contributed by atoms with E-state index >= 15 is 0 Å². The van der Waals surface area contributed by atoms with E-state index in [4.69, 9.17) is 16.3 Å². The van der Waals surface area contributed by atoms with Crippen LogP contribution in [0.5, 0.6) is 11.5 Å². The molecule has 1 amide bonds. The molecule has 1 saturated carbocycles. The van der Waals surface area contributed by atoms with Gasteiger partial charge in [0.2, 0.25) is 0 Å². The third-order valence-corrected chi connectivity index (χ3v) is 5.33. The van der Waals surface area contributed by atoms with Crippen molar-refractivity contribution in [1.82, 2.24) is 4.98 Å². The first kappa shape index (κ1) is 18.9. The van der Waals surface area contributed by atoms with Crippen LogP contribution in [0.3, 0.4) is 0 Å². The third-order valence-electron chi connectivity index (χ3n) is 4.16. The van der Waals surface area contributed by atoms with E-state index in [0.717, 1.165) is 23.1 Å². The van der Waals surface area contributed by atoms with Crippen LogP contribution < -0.4 is 14.8 Å². The van der Waals surface area contributed by atoms with Crippen molar-refractivity contribution in [2.75, 3.05) is 11.9 Å². The monoisotopic (exact) mass is 424 g/mol. The fraction of sp³-hybridized carbons (Fsp3) is 0.263. The molecular formula is C19H15ClF2N2O3S. The van der Waals surface area contributed by atoms with Crippen LogP contribution in [-0.2, 0) is 0 Å². The number of thiazole rings is 1. The van der Waals surface area contributed by atoms with Gasteiger partial charge in [-0.05, 0) is 55.2 Å². The Morgan fingerprint density at radius 2 is 2.07 bits per heavy atom. The number of benzene rings is 2. The average molecular weight is 425 g/mol. The minimum Gasteiger partial charge on any atom is -0.489 e. The number of hydrogen-bond acceptors (Lipinski definition) is 5. The zero-order chi connectivity index (χ0) is 19.7. The second kappa shape index (κ2) is 7.89. The van der Waals surface area contributed by atoms with Gasteiger partial charge in [0.05, 0.1) is 16.8 Å². The largest absolute Gasteiger partial charge is 0.489 e. The van der Waals surface area contributed by atoms with Gasteiger partial charge in [0, 0.05) is 10.6 Å². The number of fused-ring (bicyclic) bond motifs is 1. The molecule has 3 aromatic rings. The standard InChI is InChI=1S/C19H15ClF2N2O3S/c20-12-4-5-13-16(8-12)28-19(23-13)24-17(25)11-3-6-14(27-18(21)22)15(7-11)26-9-10-1-2-10/h3-8,10,18H,1-2,9H2,(H,23,24,25). The number of carbonyl (C=O) groups excluding carboxylic acids is 1. The Morgan fingerprint density at radius 1 is 1.25 bits per heavy atom. The fourth-order valence-corrected chi connectivity index (χ4v) is 3.71. The maximum absolute atomic E-state index is 12.6. The van der Waals surface area contributed by atoms with E-state index in [1.165, 1.54) is 29.5 Å². The van der Waals surface area contributed by atoms with E-state index in [1.54, 1.807) is 18.2 Å². The maximum Gasteiger partial charge on any atom is 0.387 e. The fourth-order valence-electron chi connectivity index (χ4n) is 2.57. The molecule has 0 spiro atoms. The number of carbonyl (C=O) groups is 1. The normalized spacial score (nSPS) is 13.7. The van der Waals surface area contributed by atoms with Crippen molar-refractivity contribution in [2.45, 2.75) is 19.5 Å². The number of hydrogen-bond donors (Lipinski definition) is 1. The van der Waals surface area contributed by atoms with Crippen LogP contribution in [0.4, 0.5) is 13.9 Å². The van der Waals surface area contributed by atoms with E-state index in [0.29, 0.717) is 22.7 Å². The summed E-state index contributed by atoms with van der Waals surface area (Å²) in [5.41, 5.74) is 0.975. The molecule has 0 atom stereocenters. The van der Waals surface area contributed by atoms with Crippen molar-refractivity contribution >= 4 is 44.2 Å². The van der Waals surface area contributed by atoms with E-state index in [9.17, 15) is 13.6 Å². The molecule has 9 heteroatoms. The summed E-state index contributed by atoms with van der Waals surface area (Å²) < 4.78 is 36.2. The molecule has 1 aliphatic carbocycles. The summed E-state index contributed by atoms with van der Waals surface area (Å²) in [6.45, 7) is -2.57. The Labute approximate surface area is 168 Å². The molecule has 2 aromatic carbocycles. The lowest BCUT2D eigenvalue weighted by atomic mass is 10.2. The van der Waals surface area contributed by atoms with Crippen LogP contribution >= 0.6 is 22.9 Å². The molecule has 0 unspecified atom stereocenters. The lowest BCUT2D eigenvalue weighted by Gasteiger charge is -2.13. The molecule has 1 aromatic heterocycles. The second-order valence-electron chi connectivity index (χ2n) is 6.38. The molecule has 1 aliphatic rings. The predicted molar refractivity (Wildman–Crippen MR) is 104 cm³/mol. The van der Waals surface area contributed by atoms with Gasteiger partial charge in [0.25, 0.3) is 5.91 Å². The molecule has 28 heavy (non-hydrogen) atoms. The molecule has 0 bridgehead atoms. The van der Waals surface area contributed by atoms with Gasteiger partial charge >= 0.3 is 6.61 Å². The number of aromatic nitrogens is 1. The minimum atomic E-state index is -2.97. The van der Waals surface area contributed by atoms with Gasteiger partial charge in [-0.3, -0.25) is 10.1 Å². The van der Waals surface area contributed by atoms with Crippen molar-refractivity contribution < 1.29 is 23.0 Å². The number of halogens is 3. The molecular weight excluding hydrogens is 410 g/mol. The molecule has 5 nitrogen and oxygen atoms in total. The predicted octanol–water partition coefficient (Wildman–Crippen LogP) is 5.59. The summed E-state index contributed by atoms with van der Waals surface area (Å²) in [4.78, 5) is 16.9. The number of ether oxygens (including phenoxy) is 2. The van der Waals surface area contributed by atoms with E-state index < -0.39 is 12.5 Å². The summed E-state index contributed by atoms with van der Waals surface area (Å²) in [7, 11) is 0. The molecule has 0 radical (unpaired) electrons. The van der Waals surface area contributed by atoms with Gasteiger partial charge in [-0.25, -0.2) is 4.98 Å². The van der Waals surface area contributed by atoms with Crippen molar-refractivity contribution in [3.8, 4) is 11.5 Å². The first-order chi connectivity index (χ1) is 13.5. The SMILES string of the molecule is O=C(Nc1nc2ccc(Cl)cc2s1)c1ccc(OC(F)F)c(OCC2CC2)c1. The first-order valence-corrected chi connectivity index (χ1v) is 9.76. The smallest absolute Gasteiger partial charge is 0.387 e. The second-order valence-corrected chi connectivity index (χ2v) is 7.85. The zero-order valence-corrected chi connectivity index (χ0v) is 16.0. The number of amides is 1. The number of nitrogens with zero attached hydrogens (tertiary/aromatic N) is 1. The van der Waals surface area contributed by atoms with Crippen LogP contribution in [0, 0.1) is 5.92 Å². The number of nitrogens with one attached hydrogen (secondary N) is 1. The van der Waals surface area contributed by atoms with Gasteiger partial charge in [-0.1, -0.05) is 22.9 Å². The Morgan fingerprint density at radius 3 is 2.82 bits per heavy atom. The zero-order valence-electron chi connectivity index (χ0n) is 14.5. The summed E-state index contributed by atoms with van der Waals surface area (Å²) in [5.74, 6) is 0.0224. The van der Waals surface area contributed by atoms with Crippen molar-refractivity contribution in [3.63, 3.8) is 0 Å². The van der Waals surface area contributed by atoms with E-state index in [1.807, 2.05) is 0 Å². The number of alkyl halides is 2. The Bertz CT molecular complexity index is 1020. The van der Waals surface area contributed by atoms with Gasteiger partial charge in [0.1, 0.15) is 0 Å². The van der Waals surface area contributed by atoms with Gasteiger partial charge < -0.3 is 9.47 Å². The topological polar surface area (TPSA) is 60.5 Å². The van der Waals surface area contributed by atoms with Gasteiger partial charge in [0.15, 0.2) is 16.6 Å². The number of anilines is 1. The summed E-state index contributed by atoms with van der Waals surface area (Å²) in [6.07, 6.45) is 2.10. The van der Waals surface area contributed by atoms with Gasteiger partial charge in [-0.2, -0.15) is 8.78 Å². The Hall–Kier alpha value is -2.45.